The van der Waals surface area contributed by atoms with Crippen molar-refractivity contribution in [2.24, 2.45) is 17.8 Å². The number of ether oxygens (including phenoxy) is 2. The fraction of sp³-hybridized carbons (Fsp3) is 0.917. The number of rotatable bonds is 3. The van der Waals surface area contributed by atoms with Gasteiger partial charge in [0.25, 0.3) is 0 Å². The largest absolute Gasteiger partial charge is 0.508 e. The second-order valence-electron chi connectivity index (χ2n) is 5.31. The molecule has 0 aromatic rings. The van der Waals surface area contributed by atoms with Crippen LogP contribution in [0.15, 0.2) is 0 Å². The Morgan fingerprint density at radius 2 is 2.13 bits per heavy atom. The molecule has 15 heavy (non-hydrogen) atoms. The van der Waals surface area contributed by atoms with Gasteiger partial charge in [-0.1, -0.05) is 6.42 Å². The van der Waals surface area contributed by atoms with Gasteiger partial charge in [0.1, 0.15) is 12.7 Å². The molecule has 2 aliphatic carbocycles. The minimum Gasteiger partial charge on any atom is -0.430 e. The third-order valence-corrected chi connectivity index (χ3v) is 4.39. The maximum absolute atomic E-state index is 10.7. The van der Waals surface area contributed by atoms with Crippen LogP contribution in [0.4, 0.5) is 4.79 Å². The first-order chi connectivity index (χ1) is 7.31. The minimum atomic E-state index is -0.479. The van der Waals surface area contributed by atoms with E-state index in [4.69, 9.17) is 9.47 Å². The Labute approximate surface area is 90.1 Å². The molecule has 3 aliphatic rings. The first-order valence-electron chi connectivity index (χ1n) is 6.14. The van der Waals surface area contributed by atoms with Gasteiger partial charge >= 0.3 is 6.16 Å². The second-order valence-corrected chi connectivity index (χ2v) is 5.31. The average molecular weight is 210 g/mol. The smallest absolute Gasteiger partial charge is 0.430 e. The van der Waals surface area contributed by atoms with Crippen LogP contribution in [-0.4, -0.2) is 18.9 Å². The van der Waals surface area contributed by atoms with E-state index >= 15 is 0 Å². The highest BCUT2D eigenvalue weighted by Gasteiger charge is 2.39. The van der Waals surface area contributed by atoms with E-state index in [-0.39, 0.29) is 6.10 Å². The molecule has 0 aromatic carbocycles. The van der Waals surface area contributed by atoms with Crippen LogP contribution in [0.3, 0.4) is 0 Å². The van der Waals surface area contributed by atoms with Gasteiger partial charge in [0, 0.05) is 0 Å². The maximum Gasteiger partial charge on any atom is 0.508 e. The number of hydrogen-bond donors (Lipinski definition) is 0. The first-order valence-corrected chi connectivity index (χ1v) is 6.14. The van der Waals surface area contributed by atoms with Crippen molar-refractivity contribution in [3.63, 3.8) is 0 Å². The monoisotopic (exact) mass is 210 g/mol. The Hall–Kier alpha value is -0.730. The van der Waals surface area contributed by atoms with Crippen LogP contribution in [0, 0.1) is 17.8 Å². The van der Waals surface area contributed by atoms with Gasteiger partial charge in [-0.3, -0.25) is 0 Å². The zero-order valence-electron chi connectivity index (χ0n) is 8.98. The summed E-state index contributed by atoms with van der Waals surface area (Å²) in [4.78, 5) is 10.7. The van der Waals surface area contributed by atoms with Crippen LogP contribution < -0.4 is 0 Å². The molecule has 4 atom stereocenters. The fourth-order valence-corrected chi connectivity index (χ4v) is 3.64. The van der Waals surface area contributed by atoms with E-state index in [1.165, 1.54) is 32.1 Å². The summed E-state index contributed by atoms with van der Waals surface area (Å²) in [5.74, 6) is 2.90. The Bertz CT molecular complexity index is 264. The molecule has 0 amide bonds. The molecule has 0 N–H and O–H groups in total. The zero-order chi connectivity index (χ0) is 10.3. The lowest BCUT2D eigenvalue weighted by molar-refractivity contribution is 0.112. The normalized spacial score (nSPS) is 43.1. The van der Waals surface area contributed by atoms with Crippen LogP contribution in [0.5, 0.6) is 0 Å². The highest BCUT2D eigenvalue weighted by atomic mass is 16.8. The summed E-state index contributed by atoms with van der Waals surface area (Å²) in [7, 11) is 0. The molecule has 3 rings (SSSR count). The van der Waals surface area contributed by atoms with Crippen LogP contribution in [0.1, 0.15) is 38.5 Å². The molecule has 1 heterocycles. The lowest BCUT2D eigenvalue weighted by Crippen LogP contribution is -2.16. The minimum absolute atomic E-state index is 0.0385. The zero-order valence-corrected chi connectivity index (χ0v) is 8.98. The average Bonchev–Trinajstić information content (AvgIpc) is 2.90. The van der Waals surface area contributed by atoms with Crippen molar-refractivity contribution in [2.45, 2.75) is 44.6 Å². The van der Waals surface area contributed by atoms with Crippen molar-refractivity contribution in [3.8, 4) is 0 Å². The standard InChI is InChI=1S/C12H18O3/c13-12-14-7-11(15-12)4-3-10-6-8-1-2-9(10)5-8/h8-11H,1-7H2. The SMILES string of the molecule is O=C1OCC(CCC2CC3CCC2C3)O1. The van der Waals surface area contributed by atoms with Gasteiger partial charge < -0.3 is 9.47 Å². The van der Waals surface area contributed by atoms with Crippen molar-refractivity contribution >= 4 is 6.16 Å². The van der Waals surface area contributed by atoms with Gasteiger partial charge in [-0.15, -0.1) is 0 Å². The van der Waals surface area contributed by atoms with E-state index < -0.39 is 6.16 Å². The van der Waals surface area contributed by atoms with Crippen LogP contribution >= 0.6 is 0 Å². The third kappa shape index (κ3) is 1.84. The van der Waals surface area contributed by atoms with Crippen molar-refractivity contribution in [3.05, 3.63) is 0 Å². The fourth-order valence-electron chi connectivity index (χ4n) is 3.64. The number of hydrogen-bond acceptors (Lipinski definition) is 3. The molecular formula is C12H18O3. The predicted octanol–water partition coefficient (Wildman–Crippen LogP) is 2.74. The molecule has 4 unspecified atom stereocenters. The molecule has 3 heteroatoms. The quantitative estimate of drug-likeness (QED) is 0.672. The molecule has 3 nitrogen and oxygen atoms in total. The summed E-state index contributed by atoms with van der Waals surface area (Å²) in [5.41, 5.74) is 0. The van der Waals surface area contributed by atoms with Gasteiger partial charge in [-0.05, 0) is 49.9 Å². The topological polar surface area (TPSA) is 35.5 Å². The summed E-state index contributed by atoms with van der Waals surface area (Å²) in [5, 5.41) is 0. The van der Waals surface area contributed by atoms with Crippen LogP contribution in [-0.2, 0) is 9.47 Å². The summed E-state index contributed by atoms with van der Waals surface area (Å²) in [6.07, 6.45) is 7.57. The molecule has 84 valence electrons. The van der Waals surface area contributed by atoms with E-state index in [0.29, 0.717) is 6.61 Å². The molecule has 2 bridgehead atoms. The highest BCUT2D eigenvalue weighted by molar-refractivity contribution is 5.61. The van der Waals surface area contributed by atoms with Gasteiger partial charge in [0.05, 0.1) is 0 Å². The highest BCUT2D eigenvalue weighted by Crippen LogP contribution is 2.50. The van der Waals surface area contributed by atoms with E-state index in [0.717, 1.165) is 24.2 Å². The van der Waals surface area contributed by atoms with E-state index in [1.807, 2.05) is 0 Å². The Balaban J connectivity index is 1.45. The number of carbonyl (C=O) groups is 1. The second kappa shape index (κ2) is 3.69. The van der Waals surface area contributed by atoms with Crippen molar-refractivity contribution in [2.75, 3.05) is 6.61 Å². The van der Waals surface area contributed by atoms with Crippen molar-refractivity contribution in [1.82, 2.24) is 0 Å². The number of carbonyl (C=O) groups excluding carboxylic acids is 1. The predicted molar refractivity (Wildman–Crippen MR) is 54.4 cm³/mol. The number of fused-ring (bicyclic) bond motifs is 2. The lowest BCUT2D eigenvalue weighted by Gasteiger charge is -2.21. The summed E-state index contributed by atoms with van der Waals surface area (Å²) in [6.45, 7) is 0.472. The summed E-state index contributed by atoms with van der Waals surface area (Å²) >= 11 is 0. The van der Waals surface area contributed by atoms with Gasteiger partial charge in [0.15, 0.2) is 0 Å². The molecule has 3 fully saturated rings. The first kappa shape index (κ1) is 9.49. The lowest BCUT2D eigenvalue weighted by atomic mass is 9.85. The van der Waals surface area contributed by atoms with Crippen LogP contribution in [0.2, 0.25) is 0 Å². The van der Waals surface area contributed by atoms with Crippen molar-refractivity contribution in [1.29, 1.82) is 0 Å². The number of cyclic esters (lactones) is 2. The molecule has 0 spiro atoms. The molecule has 1 saturated heterocycles. The Morgan fingerprint density at radius 1 is 1.20 bits per heavy atom. The molecule has 1 aliphatic heterocycles. The molecule has 0 aromatic heterocycles. The summed E-state index contributed by atoms with van der Waals surface area (Å²) in [6, 6.07) is 0. The van der Waals surface area contributed by atoms with E-state index in [1.54, 1.807) is 0 Å². The molecule has 0 radical (unpaired) electrons. The summed E-state index contributed by atoms with van der Waals surface area (Å²) < 4.78 is 9.82. The van der Waals surface area contributed by atoms with Gasteiger partial charge in [-0.25, -0.2) is 4.79 Å². The van der Waals surface area contributed by atoms with Crippen LogP contribution in [0.25, 0.3) is 0 Å². The van der Waals surface area contributed by atoms with E-state index in [2.05, 4.69) is 0 Å². The third-order valence-electron chi connectivity index (χ3n) is 4.39. The van der Waals surface area contributed by atoms with Gasteiger partial charge in [0.2, 0.25) is 0 Å². The van der Waals surface area contributed by atoms with Crippen molar-refractivity contribution < 1.29 is 14.3 Å². The van der Waals surface area contributed by atoms with E-state index in [9.17, 15) is 4.79 Å². The van der Waals surface area contributed by atoms with Gasteiger partial charge in [-0.2, -0.15) is 0 Å². The molecule has 2 saturated carbocycles. The maximum atomic E-state index is 10.7. The Kier molecular flexibility index (Phi) is 2.33. The molecular weight excluding hydrogens is 192 g/mol. The Morgan fingerprint density at radius 3 is 2.73 bits per heavy atom.